The highest BCUT2D eigenvalue weighted by atomic mass is 32.2. The number of rotatable bonds is 2. The molecular formula is C14H23NO4S. The molecule has 0 atom stereocenters. The van der Waals surface area contributed by atoms with Crippen molar-refractivity contribution in [2.24, 2.45) is 0 Å². The summed E-state index contributed by atoms with van der Waals surface area (Å²) in [6.45, 7) is 0. The molecule has 0 aromatic heterocycles. The quantitative estimate of drug-likeness (QED) is 0.821. The molecule has 0 aliphatic heterocycles. The summed E-state index contributed by atoms with van der Waals surface area (Å²) in [7, 11) is 0.250. The normalized spacial score (nSPS) is 16.6. The lowest BCUT2D eigenvalue weighted by Crippen LogP contribution is -2.29. The first-order valence-electron chi connectivity index (χ1n) is 6.73. The number of hydrogen-bond acceptors (Lipinski definition) is 4. The van der Waals surface area contributed by atoms with E-state index in [1.54, 1.807) is 0 Å². The SMILES string of the molecule is CN(C)C1CCCCC1.O=S(=O)(O)c1ccc(O)cc1. The maximum atomic E-state index is 10.4. The molecule has 5 nitrogen and oxygen atoms in total. The van der Waals surface area contributed by atoms with E-state index in [0.717, 1.165) is 18.2 Å². The van der Waals surface area contributed by atoms with Gasteiger partial charge in [0.05, 0.1) is 4.90 Å². The maximum Gasteiger partial charge on any atom is 0.294 e. The van der Waals surface area contributed by atoms with Crippen molar-refractivity contribution in [2.45, 2.75) is 43.0 Å². The Hall–Kier alpha value is -1.11. The van der Waals surface area contributed by atoms with Gasteiger partial charge in [0.25, 0.3) is 10.1 Å². The number of phenols is 1. The van der Waals surface area contributed by atoms with Crippen molar-refractivity contribution >= 4 is 10.1 Å². The second-order valence-electron chi connectivity index (χ2n) is 5.22. The molecule has 1 aliphatic carbocycles. The van der Waals surface area contributed by atoms with Crippen LogP contribution in [0.1, 0.15) is 32.1 Å². The lowest BCUT2D eigenvalue weighted by atomic mass is 9.95. The molecule has 114 valence electrons. The highest BCUT2D eigenvalue weighted by molar-refractivity contribution is 7.85. The van der Waals surface area contributed by atoms with E-state index in [-0.39, 0.29) is 10.6 Å². The molecular weight excluding hydrogens is 278 g/mol. The Bertz CT molecular complexity index is 490. The first-order chi connectivity index (χ1) is 9.30. The molecule has 0 amide bonds. The van der Waals surface area contributed by atoms with Gasteiger partial charge in [-0.05, 0) is 51.2 Å². The standard InChI is InChI=1S/C8H17N.C6H6O4S/c1-9(2)8-6-4-3-5-7-8;7-5-1-3-6(4-2-5)11(8,9)10/h8H,3-7H2,1-2H3;1-4,7H,(H,8,9,10). The molecule has 6 heteroatoms. The predicted molar refractivity (Wildman–Crippen MR) is 78.5 cm³/mol. The molecule has 0 heterocycles. The molecule has 0 saturated heterocycles. The van der Waals surface area contributed by atoms with Crippen molar-refractivity contribution in [3.63, 3.8) is 0 Å². The van der Waals surface area contributed by atoms with E-state index >= 15 is 0 Å². The second kappa shape index (κ2) is 7.61. The van der Waals surface area contributed by atoms with Gasteiger partial charge in [0.2, 0.25) is 0 Å². The highest BCUT2D eigenvalue weighted by Crippen LogP contribution is 2.20. The van der Waals surface area contributed by atoms with Crippen LogP contribution in [-0.2, 0) is 10.1 Å². The van der Waals surface area contributed by atoms with E-state index in [0.29, 0.717) is 0 Å². The van der Waals surface area contributed by atoms with Crippen LogP contribution in [0.3, 0.4) is 0 Å². The molecule has 0 bridgehead atoms. The minimum atomic E-state index is -4.13. The third kappa shape index (κ3) is 5.90. The van der Waals surface area contributed by atoms with Crippen LogP contribution in [0.15, 0.2) is 29.2 Å². The van der Waals surface area contributed by atoms with Crippen molar-refractivity contribution in [2.75, 3.05) is 14.1 Å². The van der Waals surface area contributed by atoms with E-state index in [4.69, 9.17) is 9.66 Å². The van der Waals surface area contributed by atoms with E-state index in [9.17, 15) is 8.42 Å². The topological polar surface area (TPSA) is 77.8 Å². The van der Waals surface area contributed by atoms with Gasteiger partial charge in [-0.1, -0.05) is 19.3 Å². The zero-order chi connectivity index (χ0) is 15.2. The molecule has 1 fully saturated rings. The Labute approximate surface area is 121 Å². The number of phenolic OH excluding ortho intramolecular Hbond substituents is 1. The summed E-state index contributed by atoms with van der Waals surface area (Å²) in [6.07, 6.45) is 7.20. The van der Waals surface area contributed by atoms with Gasteiger partial charge >= 0.3 is 0 Å². The molecule has 0 radical (unpaired) electrons. The van der Waals surface area contributed by atoms with Gasteiger partial charge < -0.3 is 10.0 Å². The van der Waals surface area contributed by atoms with E-state index in [1.165, 1.54) is 44.2 Å². The van der Waals surface area contributed by atoms with Gasteiger partial charge in [0, 0.05) is 6.04 Å². The van der Waals surface area contributed by atoms with Crippen LogP contribution < -0.4 is 0 Å². The second-order valence-corrected chi connectivity index (χ2v) is 6.65. The molecule has 2 N–H and O–H groups in total. The summed E-state index contributed by atoms with van der Waals surface area (Å²) in [5.41, 5.74) is 0. The van der Waals surface area contributed by atoms with E-state index in [2.05, 4.69) is 19.0 Å². The monoisotopic (exact) mass is 301 g/mol. The van der Waals surface area contributed by atoms with Crippen molar-refractivity contribution in [3.8, 4) is 5.75 Å². The molecule has 0 spiro atoms. The fourth-order valence-corrected chi connectivity index (χ4v) is 2.70. The van der Waals surface area contributed by atoms with Crippen LogP contribution in [0.25, 0.3) is 0 Å². The molecule has 0 unspecified atom stereocenters. The van der Waals surface area contributed by atoms with Crippen LogP contribution in [0.2, 0.25) is 0 Å². The van der Waals surface area contributed by atoms with Crippen molar-refractivity contribution < 1.29 is 18.1 Å². The summed E-state index contributed by atoms with van der Waals surface area (Å²) in [5.74, 6) is -0.0441. The molecule has 20 heavy (non-hydrogen) atoms. The highest BCUT2D eigenvalue weighted by Gasteiger charge is 2.13. The Morgan fingerprint density at radius 3 is 1.90 bits per heavy atom. The number of benzene rings is 1. The fraction of sp³-hybridized carbons (Fsp3) is 0.571. The average Bonchev–Trinajstić information content (AvgIpc) is 2.40. The minimum absolute atomic E-state index is 0.0441. The summed E-state index contributed by atoms with van der Waals surface area (Å²) in [5, 5.41) is 8.75. The summed E-state index contributed by atoms with van der Waals surface area (Å²) in [4.78, 5) is 2.13. The first kappa shape index (κ1) is 16.9. The van der Waals surface area contributed by atoms with Gasteiger partial charge in [-0.3, -0.25) is 4.55 Å². The minimum Gasteiger partial charge on any atom is -0.508 e. The molecule has 1 aliphatic rings. The third-order valence-electron chi connectivity index (χ3n) is 3.44. The zero-order valence-corrected chi connectivity index (χ0v) is 12.8. The summed E-state index contributed by atoms with van der Waals surface area (Å²) >= 11 is 0. The van der Waals surface area contributed by atoms with E-state index in [1.807, 2.05) is 0 Å². The van der Waals surface area contributed by atoms with E-state index < -0.39 is 10.1 Å². The van der Waals surface area contributed by atoms with Crippen molar-refractivity contribution in [1.82, 2.24) is 4.90 Å². The van der Waals surface area contributed by atoms with Crippen molar-refractivity contribution in [1.29, 1.82) is 0 Å². The van der Waals surface area contributed by atoms with Gasteiger partial charge in [-0.2, -0.15) is 8.42 Å². The lowest BCUT2D eigenvalue weighted by molar-refractivity contribution is 0.229. The number of hydrogen-bond donors (Lipinski definition) is 2. The van der Waals surface area contributed by atoms with Crippen molar-refractivity contribution in [3.05, 3.63) is 24.3 Å². The largest absolute Gasteiger partial charge is 0.508 e. The van der Waals surface area contributed by atoms with Gasteiger partial charge in [-0.15, -0.1) is 0 Å². The molecule has 1 saturated carbocycles. The predicted octanol–water partition coefficient (Wildman–Crippen LogP) is 2.52. The van der Waals surface area contributed by atoms with Gasteiger partial charge in [-0.25, -0.2) is 0 Å². The van der Waals surface area contributed by atoms with Crippen LogP contribution >= 0.6 is 0 Å². The van der Waals surface area contributed by atoms with Crippen LogP contribution in [0.4, 0.5) is 0 Å². The smallest absolute Gasteiger partial charge is 0.294 e. The third-order valence-corrected chi connectivity index (χ3v) is 4.31. The Morgan fingerprint density at radius 2 is 1.55 bits per heavy atom. The molecule has 1 aromatic rings. The van der Waals surface area contributed by atoms with Crippen LogP contribution in [-0.4, -0.2) is 43.1 Å². The lowest BCUT2D eigenvalue weighted by Gasteiger charge is -2.27. The zero-order valence-electron chi connectivity index (χ0n) is 12.0. The van der Waals surface area contributed by atoms with Gasteiger partial charge in [0.15, 0.2) is 0 Å². The van der Waals surface area contributed by atoms with Gasteiger partial charge in [0.1, 0.15) is 5.75 Å². The van der Waals surface area contributed by atoms with Crippen LogP contribution in [0.5, 0.6) is 5.75 Å². The Balaban J connectivity index is 0.000000204. The first-order valence-corrected chi connectivity index (χ1v) is 8.17. The number of aromatic hydroxyl groups is 1. The fourth-order valence-electron chi connectivity index (χ4n) is 2.22. The molecule has 1 aromatic carbocycles. The maximum absolute atomic E-state index is 10.4. The average molecular weight is 301 g/mol. The Kier molecular flexibility index (Phi) is 6.45. The summed E-state index contributed by atoms with van der Waals surface area (Å²) in [6, 6.07) is 5.49. The summed E-state index contributed by atoms with van der Waals surface area (Å²) < 4.78 is 29.3. The van der Waals surface area contributed by atoms with Crippen LogP contribution in [0, 0.1) is 0 Å². The number of nitrogens with zero attached hydrogens (tertiary/aromatic N) is 1. The Morgan fingerprint density at radius 1 is 1.05 bits per heavy atom. The molecule has 2 rings (SSSR count).